The molecule has 0 bridgehead atoms. The second-order valence-electron chi connectivity index (χ2n) is 7.76. The summed E-state index contributed by atoms with van der Waals surface area (Å²) in [6.45, 7) is 1.85. The number of pyridine rings is 2. The van der Waals surface area contributed by atoms with E-state index in [4.69, 9.17) is 0 Å². The molecule has 9 nitrogen and oxygen atoms in total. The van der Waals surface area contributed by atoms with Crippen molar-refractivity contribution in [2.45, 2.75) is 13.1 Å². The Labute approximate surface area is 201 Å². The molecule has 12 heteroatoms. The lowest BCUT2D eigenvalue weighted by molar-refractivity contribution is -0.141. The predicted octanol–water partition coefficient (Wildman–Crippen LogP) is 5.13. The maximum Gasteiger partial charge on any atom is 0.433 e. The van der Waals surface area contributed by atoms with Gasteiger partial charge in [-0.3, -0.25) is 9.78 Å². The van der Waals surface area contributed by atoms with Gasteiger partial charge < -0.3 is 15.6 Å². The van der Waals surface area contributed by atoms with Gasteiger partial charge in [0, 0.05) is 34.9 Å². The summed E-state index contributed by atoms with van der Waals surface area (Å²) >= 11 is 0. The van der Waals surface area contributed by atoms with Crippen molar-refractivity contribution >= 4 is 34.3 Å². The number of carbonyl (C=O) groups is 1. The first-order valence-electron chi connectivity index (χ1n) is 10.6. The normalized spacial score (nSPS) is 11.4. The largest absolute Gasteiger partial charge is 0.433 e. The number of halogens is 3. The fourth-order valence-corrected chi connectivity index (χ4v) is 3.55. The highest BCUT2D eigenvalue weighted by atomic mass is 19.4. The number of benzene rings is 1. The minimum absolute atomic E-state index is 0.0174. The van der Waals surface area contributed by atoms with Gasteiger partial charge in [0.1, 0.15) is 29.0 Å². The number of aryl methyl sites for hydroxylation is 1. The second-order valence-corrected chi connectivity index (χ2v) is 7.76. The van der Waals surface area contributed by atoms with Crippen LogP contribution >= 0.6 is 0 Å². The zero-order chi connectivity index (χ0) is 25.3. The van der Waals surface area contributed by atoms with E-state index in [1.807, 2.05) is 13.0 Å². The van der Waals surface area contributed by atoms with E-state index in [2.05, 4.69) is 40.5 Å². The SMILES string of the molecule is Cc1ccc(C(=O)Nc2ccnc(C(F)(F)F)c2)cc1Nc1ncccc1-c1ncnc2[nH]cnc12. The van der Waals surface area contributed by atoms with Crippen LogP contribution in [0.15, 0.2) is 67.5 Å². The van der Waals surface area contributed by atoms with Crippen molar-refractivity contribution < 1.29 is 18.0 Å². The molecule has 0 aliphatic rings. The number of aromatic amines is 1. The molecule has 1 amide bonds. The van der Waals surface area contributed by atoms with E-state index < -0.39 is 17.8 Å². The lowest BCUT2D eigenvalue weighted by Crippen LogP contribution is -2.14. The van der Waals surface area contributed by atoms with Crippen LogP contribution in [-0.4, -0.2) is 35.8 Å². The maximum atomic E-state index is 13.0. The lowest BCUT2D eigenvalue weighted by atomic mass is 10.1. The Morgan fingerprint density at radius 3 is 2.67 bits per heavy atom. The summed E-state index contributed by atoms with van der Waals surface area (Å²) in [6.07, 6.45) is 0.938. The molecule has 180 valence electrons. The predicted molar refractivity (Wildman–Crippen MR) is 127 cm³/mol. The summed E-state index contributed by atoms with van der Waals surface area (Å²) < 4.78 is 38.9. The number of alkyl halides is 3. The highest BCUT2D eigenvalue weighted by Crippen LogP contribution is 2.32. The van der Waals surface area contributed by atoms with Crippen molar-refractivity contribution in [1.29, 1.82) is 0 Å². The Balaban J connectivity index is 1.44. The Morgan fingerprint density at radius 2 is 1.83 bits per heavy atom. The van der Waals surface area contributed by atoms with Crippen molar-refractivity contribution in [3.63, 3.8) is 0 Å². The van der Waals surface area contributed by atoms with Crippen LogP contribution in [-0.2, 0) is 6.18 Å². The first kappa shape index (κ1) is 22.9. The zero-order valence-electron chi connectivity index (χ0n) is 18.6. The highest BCUT2D eigenvalue weighted by Gasteiger charge is 2.32. The number of anilines is 3. The van der Waals surface area contributed by atoms with Gasteiger partial charge in [-0.1, -0.05) is 6.07 Å². The molecule has 0 fully saturated rings. The molecule has 0 saturated heterocycles. The van der Waals surface area contributed by atoms with Gasteiger partial charge in [0.2, 0.25) is 0 Å². The molecule has 0 spiro atoms. The number of amides is 1. The summed E-state index contributed by atoms with van der Waals surface area (Å²) in [6, 6.07) is 10.6. The molecule has 1 aromatic carbocycles. The molecule has 4 heterocycles. The minimum atomic E-state index is -4.62. The second kappa shape index (κ2) is 9.06. The van der Waals surface area contributed by atoms with Crippen LogP contribution in [0, 0.1) is 6.92 Å². The first-order chi connectivity index (χ1) is 17.3. The number of fused-ring (bicyclic) bond motifs is 1. The van der Waals surface area contributed by atoms with Crippen molar-refractivity contribution in [3.05, 3.63) is 84.3 Å². The maximum absolute atomic E-state index is 13.0. The average molecular weight is 490 g/mol. The number of nitrogens with one attached hydrogen (secondary N) is 3. The molecule has 0 radical (unpaired) electrons. The van der Waals surface area contributed by atoms with Crippen molar-refractivity contribution in [1.82, 2.24) is 29.9 Å². The van der Waals surface area contributed by atoms with Crippen LogP contribution in [0.3, 0.4) is 0 Å². The van der Waals surface area contributed by atoms with E-state index in [-0.39, 0.29) is 11.3 Å². The Bertz CT molecular complexity index is 1580. The standard InChI is InChI=1S/C24H17F3N8O/c1-13-4-5-14(23(36)34-15-6-8-28-18(10-15)24(25,26)27)9-17(13)35-21-16(3-2-7-29-21)19-20-22(32-11-30-19)33-12-31-20/h2-12H,1H3,(H,29,35)(H,28,34,36)(H,30,31,32,33). The van der Waals surface area contributed by atoms with Crippen molar-refractivity contribution in [2.24, 2.45) is 0 Å². The van der Waals surface area contributed by atoms with Crippen LogP contribution in [0.25, 0.3) is 22.4 Å². The Kier molecular flexibility index (Phi) is 5.76. The van der Waals surface area contributed by atoms with E-state index >= 15 is 0 Å². The molecule has 4 aromatic heterocycles. The topological polar surface area (TPSA) is 121 Å². The van der Waals surface area contributed by atoms with Crippen molar-refractivity contribution in [3.8, 4) is 11.3 Å². The molecule has 0 unspecified atom stereocenters. The number of hydrogen-bond acceptors (Lipinski definition) is 7. The summed E-state index contributed by atoms with van der Waals surface area (Å²) in [5, 5.41) is 5.72. The molecule has 5 aromatic rings. The number of H-pyrrole nitrogens is 1. The minimum Gasteiger partial charge on any atom is -0.339 e. The molecule has 3 N–H and O–H groups in total. The van der Waals surface area contributed by atoms with Gasteiger partial charge in [-0.05, 0) is 48.9 Å². The number of aromatic nitrogens is 6. The first-order valence-corrected chi connectivity index (χ1v) is 10.6. The molecule has 0 aliphatic carbocycles. The van der Waals surface area contributed by atoms with Crippen LogP contribution in [0.5, 0.6) is 0 Å². The van der Waals surface area contributed by atoms with E-state index in [0.717, 1.165) is 17.8 Å². The molecule has 36 heavy (non-hydrogen) atoms. The number of carbonyl (C=O) groups excluding carboxylic acids is 1. The summed E-state index contributed by atoms with van der Waals surface area (Å²) in [5.74, 6) is -0.0993. The van der Waals surface area contributed by atoms with Gasteiger partial charge in [-0.25, -0.2) is 19.9 Å². The third kappa shape index (κ3) is 4.56. The van der Waals surface area contributed by atoms with E-state index in [1.165, 1.54) is 18.7 Å². The monoisotopic (exact) mass is 490 g/mol. The summed E-state index contributed by atoms with van der Waals surface area (Å²) in [4.78, 5) is 36.3. The molecule has 0 atom stereocenters. The van der Waals surface area contributed by atoms with Gasteiger partial charge in [-0.15, -0.1) is 0 Å². The third-order valence-electron chi connectivity index (χ3n) is 5.34. The third-order valence-corrected chi connectivity index (χ3v) is 5.34. The van der Waals surface area contributed by atoms with Gasteiger partial charge in [0.05, 0.1) is 6.33 Å². The fraction of sp³-hybridized carbons (Fsp3) is 0.0833. The number of imidazole rings is 1. The smallest absolute Gasteiger partial charge is 0.339 e. The Morgan fingerprint density at radius 1 is 0.972 bits per heavy atom. The van der Waals surface area contributed by atoms with Gasteiger partial charge in [-0.2, -0.15) is 13.2 Å². The van der Waals surface area contributed by atoms with E-state index in [9.17, 15) is 18.0 Å². The van der Waals surface area contributed by atoms with Crippen molar-refractivity contribution in [2.75, 3.05) is 10.6 Å². The number of nitrogens with zero attached hydrogens (tertiary/aromatic N) is 5. The van der Waals surface area contributed by atoms with Crippen LogP contribution in [0.1, 0.15) is 21.6 Å². The zero-order valence-corrected chi connectivity index (χ0v) is 18.6. The molecule has 0 aliphatic heterocycles. The number of rotatable bonds is 5. The lowest BCUT2D eigenvalue weighted by Gasteiger charge is -2.14. The summed E-state index contributed by atoms with van der Waals surface area (Å²) in [7, 11) is 0. The number of hydrogen-bond donors (Lipinski definition) is 3. The Hall–Kier alpha value is -4.87. The molecule has 0 saturated carbocycles. The van der Waals surface area contributed by atoms with E-state index in [1.54, 1.807) is 30.5 Å². The molecular formula is C24H17F3N8O. The summed E-state index contributed by atoms with van der Waals surface area (Å²) in [5.41, 5.74) is 2.93. The van der Waals surface area contributed by atoms with Crippen LogP contribution in [0.4, 0.5) is 30.4 Å². The fourth-order valence-electron chi connectivity index (χ4n) is 3.55. The molecular weight excluding hydrogens is 473 g/mol. The van der Waals surface area contributed by atoms with Gasteiger partial charge in [0.25, 0.3) is 5.91 Å². The van der Waals surface area contributed by atoms with Crippen LogP contribution in [0.2, 0.25) is 0 Å². The van der Waals surface area contributed by atoms with Gasteiger partial charge >= 0.3 is 6.18 Å². The highest BCUT2D eigenvalue weighted by molar-refractivity contribution is 6.05. The quantitative estimate of drug-likeness (QED) is 0.312. The molecule has 5 rings (SSSR count). The van der Waals surface area contributed by atoms with Crippen LogP contribution < -0.4 is 10.6 Å². The van der Waals surface area contributed by atoms with Gasteiger partial charge in [0.15, 0.2) is 5.65 Å². The average Bonchev–Trinajstić information content (AvgIpc) is 3.35. The van der Waals surface area contributed by atoms with E-state index in [0.29, 0.717) is 33.9 Å².